The summed E-state index contributed by atoms with van der Waals surface area (Å²) < 4.78 is 31.3. The van der Waals surface area contributed by atoms with Crippen molar-refractivity contribution in [2.24, 2.45) is 0 Å². The normalized spacial score (nSPS) is 21.9. The average molecular weight is 267 g/mol. The summed E-state index contributed by atoms with van der Waals surface area (Å²) in [4.78, 5) is 23.2. The van der Waals surface area contributed by atoms with Crippen molar-refractivity contribution in [1.29, 1.82) is 0 Å². The highest BCUT2D eigenvalue weighted by Crippen LogP contribution is 2.25. The van der Waals surface area contributed by atoms with E-state index in [4.69, 9.17) is 4.55 Å². The molecule has 0 aromatic carbocycles. The van der Waals surface area contributed by atoms with Gasteiger partial charge in [0.1, 0.15) is 0 Å². The molecule has 0 saturated heterocycles. The van der Waals surface area contributed by atoms with E-state index in [9.17, 15) is 18.0 Å². The summed E-state index contributed by atoms with van der Waals surface area (Å²) in [6.07, 6.45) is 7.87. The lowest BCUT2D eigenvalue weighted by Gasteiger charge is -2.14. The molecule has 94 valence electrons. The van der Waals surface area contributed by atoms with E-state index in [0.717, 1.165) is 23.3 Å². The first-order valence-corrected chi connectivity index (χ1v) is 6.44. The van der Waals surface area contributed by atoms with Gasteiger partial charge in [-0.2, -0.15) is 8.42 Å². The molecule has 0 unspecified atom stereocenters. The van der Waals surface area contributed by atoms with E-state index >= 15 is 0 Å². The third-order valence-electron chi connectivity index (χ3n) is 2.44. The van der Waals surface area contributed by atoms with E-state index in [2.05, 4.69) is 0 Å². The Morgan fingerprint density at radius 3 is 2.39 bits per heavy atom. The van der Waals surface area contributed by atoms with Crippen molar-refractivity contribution in [3.8, 4) is 0 Å². The first kappa shape index (κ1) is 12.5. The van der Waals surface area contributed by atoms with Crippen molar-refractivity contribution in [3.05, 3.63) is 47.1 Å². The summed E-state index contributed by atoms with van der Waals surface area (Å²) in [6.45, 7) is 0. The molecule has 1 heterocycles. The van der Waals surface area contributed by atoms with Crippen LogP contribution in [0.4, 0.5) is 0 Å². The van der Waals surface area contributed by atoms with E-state index in [-0.39, 0.29) is 16.9 Å². The second kappa shape index (κ2) is 4.35. The van der Waals surface area contributed by atoms with Gasteiger partial charge in [-0.3, -0.25) is 14.1 Å². The van der Waals surface area contributed by atoms with Gasteiger partial charge in [-0.1, -0.05) is 12.2 Å². The van der Waals surface area contributed by atoms with Gasteiger partial charge in [-0.15, -0.1) is 0 Å². The Morgan fingerprint density at radius 2 is 1.83 bits per heavy atom. The summed E-state index contributed by atoms with van der Waals surface area (Å²) >= 11 is 0. The third kappa shape index (κ3) is 2.31. The highest BCUT2D eigenvalue weighted by molar-refractivity contribution is 7.90. The SMILES string of the molecule is O=C1C=CC(=O)N1C=C1CC=CC=C1S(=O)(=O)O. The zero-order chi connectivity index (χ0) is 13.3. The molecule has 7 heteroatoms. The zero-order valence-electron chi connectivity index (χ0n) is 9.11. The van der Waals surface area contributed by atoms with Crippen molar-refractivity contribution in [2.45, 2.75) is 6.42 Å². The molecule has 0 atom stereocenters. The average Bonchev–Trinajstić information content (AvgIpc) is 2.60. The van der Waals surface area contributed by atoms with Crippen molar-refractivity contribution < 1.29 is 22.6 Å². The highest BCUT2D eigenvalue weighted by Gasteiger charge is 2.25. The number of hydrogen-bond acceptors (Lipinski definition) is 4. The summed E-state index contributed by atoms with van der Waals surface area (Å²) in [5.74, 6) is -1.09. The molecule has 0 spiro atoms. The molecule has 6 nitrogen and oxygen atoms in total. The number of imide groups is 1. The first-order chi connectivity index (χ1) is 8.39. The molecule has 0 saturated carbocycles. The number of amides is 2. The van der Waals surface area contributed by atoms with Gasteiger partial charge in [0.15, 0.2) is 0 Å². The van der Waals surface area contributed by atoms with Gasteiger partial charge in [0.2, 0.25) is 0 Å². The minimum Gasteiger partial charge on any atom is -0.282 e. The molecule has 2 aliphatic rings. The van der Waals surface area contributed by atoms with Crippen LogP contribution in [0.1, 0.15) is 6.42 Å². The molecule has 0 aromatic heterocycles. The molecule has 1 N–H and O–H groups in total. The van der Waals surface area contributed by atoms with Crippen LogP contribution in [0.3, 0.4) is 0 Å². The van der Waals surface area contributed by atoms with Crippen LogP contribution in [0.15, 0.2) is 47.1 Å². The van der Waals surface area contributed by atoms with Crippen molar-refractivity contribution in [1.82, 2.24) is 4.90 Å². The molecule has 1 aliphatic carbocycles. The fourth-order valence-corrected chi connectivity index (χ4v) is 2.34. The van der Waals surface area contributed by atoms with Gasteiger partial charge in [-0.25, -0.2) is 4.90 Å². The van der Waals surface area contributed by atoms with Gasteiger partial charge in [0.05, 0.1) is 4.91 Å². The van der Waals surface area contributed by atoms with E-state index in [1.807, 2.05) is 0 Å². The zero-order valence-corrected chi connectivity index (χ0v) is 9.92. The minimum atomic E-state index is -4.38. The molecular formula is C11H9NO5S. The Morgan fingerprint density at radius 1 is 1.22 bits per heavy atom. The maximum absolute atomic E-state index is 11.3. The summed E-state index contributed by atoms with van der Waals surface area (Å²) in [6, 6.07) is 0. The number of hydrogen-bond donors (Lipinski definition) is 1. The molecule has 18 heavy (non-hydrogen) atoms. The van der Waals surface area contributed by atoms with Crippen LogP contribution in [-0.4, -0.2) is 29.7 Å². The fourth-order valence-electron chi connectivity index (χ4n) is 1.62. The van der Waals surface area contributed by atoms with Crippen LogP contribution in [0, 0.1) is 0 Å². The maximum Gasteiger partial charge on any atom is 0.294 e. The highest BCUT2D eigenvalue weighted by atomic mass is 32.2. The van der Waals surface area contributed by atoms with E-state index < -0.39 is 21.9 Å². The van der Waals surface area contributed by atoms with Crippen molar-refractivity contribution >= 4 is 21.9 Å². The Balaban J connectivity index is 2.39. The smallest absolute Gasteiger partial charge is 0.282 e. The van der Waals surface area contributed by atoms with E-state index in [1.165, 1.54) is 12.2 Å². The predicted octanol–water partition coefficient (Wildman–Crippen LogP) is 0.527. The van der Waals surface area contributed by atoms with Gasteiger partial charge in [0, 0.05) is 18.4 Å². The first-order valence-electron chi connectivity index (χ1n) is 5.00. The van der Waals surface area contributed by atoms with Crippen molar-refractivity contribution in [3.63, 3.8) is 0 Å². The number of allylic oxidation sites excluding steroid dienone is 4. The molecular weight excluding hydrogens is 258 g/mol. The second-order valence-corrected chi connectivity index (χ2v) is 5.06. The monoisotopic (exact) mass is 267 g/mol. The third-order valence-corrected chi connectivity index (χ3v) is 3.40. The number of carbonyl (C=O) groups is 2. The maximum atomic E-state index is 11.3. The topological polar surface area (TPSA) is 91.8 Å². The summed E-state index contributed by atoms with van der Waals surface area (Å²) in [5.41, 5.74) is 0.186. The Kier molecular flexibility index (Phi) is 3.02. The van der Waals surface area contributed by atoms with Gasteiger partial charge in [0.25, 0.3) is 21.9 Å². The number of rotatable bonds is 2. The van der Waals surface area contributed by atoms with Crippen LogP contribution in [0.25, 0.3) is 0 Å². The Labute approximate surface area is 103 Å². The summed E-state index contributed by atoms with van der Waals surface area (Å²) in [5, 5.41) is 0. The van der Waals surface area contributed by atoms with E-state index in [1.54, 1.807) is 6.08 Å². The molecule has 1 aliphatic heterocycles. The van der Waals surface area contributed by atoms with Gasteiger partial charge in [-0.05, 0) is 18.1 Å². The standard InChI is InChI=1S/C11H9NO5S/c13-10-5-6-11(14)12(10)7-8-3-1-2-4-9(8)18(15,16)17/h1-2,4-7H,3H2,(H,15,16,17). The quantitative estimate of drug-likeness (QED) is 0.582. The van der Waals surface area contributed by atoms with Crippen LogP contribution in [0.2, 0.25) is 0 Å². The van der Waals surface area contributed by atoms with Crippen LogP contribution >= 0.6 is 0 Å². The van der Waals surface area contributed by atoms with E-state index in [0.29, 0.717) is 0 Å². The lowest BCUT2D eigenvalue weighted by atomic mass is 10.1. The second-order valence-electron chi connectivity index (χ2n) is 3.67. The molecule has 2 amide bonds. The van der Waals surface area contributed by atoms with Crippen LogP contribution < -0.4 is 0 Å². The van der Waals surface area contributed by atoms with Crippen molar-refractivity contribution in [2.75, 3.05) is 0 Å². The predicted molar refractivity (Wildman–Crippen MR) is 62.5 cm³/mol. The lowest BCUT2D eigenvalue weighted by molar-refractivity contribution is -0.133. The summed E-state index contributed by atoms with van der Waals surface area (Å²) in [7, 11) is -4.38. The van der Waals surface area contributed by atoms with Gasteiger partial charge >= 0.3 is 0 Å². The molecule has 0 radical (unpaired) electrons. The lowest BCUT2D eigenvalue weighted by Crippen LogP contribution is -2.25. The number of nitrogens with zero attached hydrogens (tertiary/aromatic N) is 1. The molecule has 2 rings (SSSR count). The molecule has 0 bridgehead atoms. The molecule has 0 aromatic rings. The van der Waals surface area contributed by atoms with Crippen LogP contribution in [-0.2, 0) is 19.7 Å². The largest absolute Gasteiger partial charge is 0.294 e. The number of carbonyl (C=O) groups excluding carboxylic acids is 2. The van der Waals surface area contributed by atoms with Crippen LogP contribution in [0.5, 0.6) is 0 Å². The molecule has 0 fully saturated rings. The van der Waals surface area contributed by atoms with Gasteiger partial charge < -0.3 is 0 Å². The minimum absolute atomic E-state index is 0.186. The Hall–Kier alpha value is -1.99. The Bertz CT molecular complexity index is 618. The fraction of sp³-hybridized carbons (Fsp3) is 0.0909.